The highest BCUT2D eigenvalue weighted by molar-refractivity contribution is 5.89. The third kappa shape index (κ3) is 3.65. The molecule has 3 aromatic rings. The van der Waals surface area contributed by atoms with Gasteiger partial charge in [0.25, 0.3) is 0 Å². The summed E-state index contributed by atoms with van der Waals surface area (Å²) < 4.78 is 5.25. The van der Waals surface area contributed by atoms with E-state index in [0.717, 1.165) is 23.2 Å². The molecular formula is C21H21N3O3. The number of hydrogen-bond acceptors (Lipinski definition) is 4. The number of nitrogens with zero attached hydrogens (tertiary/aromatic N) is 1. The lowest BCUT2D eigenvalue weighted by molar-refractivity contribution is -0.133. The van der Waals surface area contributed by atoms with E-state index in [0.29, 0.717) is 12.3 Å². The van der Waals surface area contributed by atoms with Crippen molar-refractivity contribution in [2.24, 2.45) is 0 Å². The molecule has 1 aliphatic heterocycles. The molecular weight excluding hydrogens is 342 g/mol. The van der Waals surface area contributed by atoms with Crippen LogP contribution in [0.5, 0.6) is 5.75 Å². The van der Waals surface area contributed by atoms with Crippen LogP contribution < -0.4 is 15.0 Å². The minimum Gasteiger partial charge on any atom is -0.423 e. The average Bonchev–Trinajstić information content (AvgIpc) is 3.05. The Morgan fingerprint density at radius 1 is 1.26 bits per heavy atom. The fourth-order valence-corrected chi connectivity index (χ4v) is 3.40. The number of fused-ring (bicyclic) bond motifs is 2. The number of benzene rings is 2. The summed E-state index contributed by atoms with van der Waals surface area (Å²) in [4.78, 5) is 29.2. The first-order chi connectivity index (χ1) is 13.1. The number of aromatic amines is 1. The molecule has 0 aliphatic carbocycles. The number of aryl methyl sites for hydroxylation is 1. The number of anilines is 1. The highest BCUT2D eigenvalue weighted by Crippen LogP contribution is 2.32. The van der Waals surface area contributed by atoms with Crippen molar-refractivity contribution in [1.29, 1.82) is 0 Å². The van der Waals surface area contributed by atoms with E-state index in [9.17, 15) is 9.59 Å². The maximum absolute atomic E-state index is 12.4. The van der Waals surface area contributed by atoms with Crippen molar-refractivity contribution in [1.82, 2.24) is 10.3 Å². The minimum atomic E-state index is -0.349. The van der Waals surface area contributed by atoms with Crippen molar-refractivity contribution in [3.63, 3.8) is 0 Å². The maximum Gasteiger partial charge on any atom is 0.331 e. The minimum absolute atomic E-state index is 0.0757. The van der Waals surface area contributed by atoms with Crippen LogP contribution in [0, 0.1) is 6.92 Å². The summed E-state index contributed by atoms with van der Waals surface area (Å²) >= 11 is 0. The second kappa shape index (κ2) is 7.15. The van der Waals surface area contributed by atoms with Crippen LogP contribution in [0.25, 0.3) is 10.9 Å². The third-order valence-corrected chi connectivity index (χ3v) is 4.72. The molecule has 27 heavy (non-hydrogen) atoms. The van der Waals surface area contributed by atoms with Gasteiger partial charge in [-0.2, -0.15) is 0 Å². The van der Waals surface area contributed by atoms with Crippen molar-refractivity contribution in [3.05, 3.63) is 59.8 Å². The van der Waals surface area contributed by atoms with Crippen LogP contribution in [0.4, 0.5) is 5.69 Å². The molecule has 0 atom stereocenters. The van der Waals surface area contributed by atoms with Crippen molar-refractivity contribution in [2.45, 2.75) is 13.3 Å². The highest BCUT2D eigenvalue weighted by Gasteiger charge is 2.25. The first-order valence-corrected chi connectivity index (χ1v) is 8.98. The van der Waals surface area contributed by atoms with E-state index in [-0.39, 0.29) is 25.0 Å². The fraction of sp³-hybridized carbons (Fsp3) is 0.238. The number of hydrogen-bond donors (Lipinski definition) is 2. The Morgan fingerprint density at radius 2 is 2.11 bits per heavy atom. The number of rotatable bonds is 5. The molecule has 138 valence electrons. The summed E-state index contributed by atoms with van der Waals surface area (Å²) in [6.07, 6.45) is 2.73. The predicted molar refractivity (Wildman–Crippen MR) is 104 cm³/mol. The normalized spacial score (nSPS) is 13.4. The van der Waals surface area contributed by atoms with E-state index in [1.54, 1.807) is 11.0 Å². The zero-order valence-electron chi connectivity index (χ0n) is 15.1. The quantitative estimate of drug-likeness (QED) is 0.540. The van der Waals surface area contributed by atoms with Crippen molar-refractivity contribution < 1.29 is 14.3 Å². The summed E-state index contributed by atoms with van der Waals surface area (Å²) in [5, 5.41) is 4.12. The van der Waals surface area contributed by atoms with Gasteiger partial charge >= 0.3 is 5.97 Å². The largest absolute Gasteiger partial charge is 0.423 e. The van der Waals surface area contributed by atoms with Gasteiger partial charge in [-0.15, -0.1) is 0 Å². The lowest BCUT2D eigenvalue weighted by Gasteiger charge is -2.29. The van der Waals surface area contributed by atoms with Gasteiger partial charge in [0.2, 0.25) is 5.91 Å². The number of ether oxygens (including phenoxy) is 1. The fourth-order valence-electron chi connectivity index (χ4n) is 3.40. The van der Waals surface area contributed by atoms with Crippen molar-refractivity contribution >= 4 is 28.5 Å². The van der Waals surface area contributed by atoms with E-state index >= 15 is 0 Å². The second-order valence-electron chi connectivity index (χ2n) is 6.76. The number of carbonyl (C=O) groups is 2. The lowest BCUT2D eigenvalue weighted by atomic mass is 10.1. The zero-order chi connectivity index (χ0) is 18.8. The van der Waals surface area contributed by atoms with Crippen molar-refractivity contribution in [2.75, 3.05) is 24.5 Å². The van der Waals surface area contributed by atoms with E-state index in [2.05, 4.69) is 16.4 Å². The van der Waals surface area contributed by atoms with Gasteiger partial charge in [-0.1, -0.05) is 24.3 Å². The summed E-state index contributed by atoms with van der Waals surface area (Å²) in [6.45, 7) is 2.71. The van der Waals surface area contributed by atoms with Crippen LogP contribution in [0.2, 0.25) is 0 Å². The van der Waals surface area contributed by atoms with Crippen LogP contribution in [0.3, 0.4) is 0 Å². The smallest absolute Gasteiger partial charge is 0.331 e. The predicted octanol–water partition coefficient (Wildman–Crippen LogP) is 2.56. The molecule has 0 unspecified atom stereocenters. The van der Waals surface area contributed by atoms with Gasteiger partial charge in [0.15, 0.2) is 5.75 Å². The summed E-state index contributed by atoms with van der Waals surface area (Å²) in [5.41, 5.74) is 4.10. The van der Waals surface area contributed by atoms with Crippen molar-refractivity contribution in [3.8, 4) is 5.75 Å². The summed E-state index contributed by atoms with van der Waals surface area (Å²) in [7, 11) is 0. The molecule has 6 heteroatoms. The number of carbonyl (C=O) groups excluding carboxylic acids is 2. The Bertz CT molecular complexity index is 1010. The van der Waals surface area contributed by atoms with Gasteiger partial charge in [-0.3, -0.25) is 4.79 Å². The molecule has 0 fully saturated rings. The first-order valence-electron chi connectivity index (χ1n) is 8.98. The number of aromatic nitrogens is 1. The van der Waals surface area contributed by atoms with Gasteiger partial charge in [-0.25, -0.2) is 4.79 Å². The molecule has 0 saturated heterocycles. The number of amides is 1. The SMILES string of the molecule is Cc1ccc2c(c1)N(CC(=O)NCCc1c[nH]c3ccccc13)CC(=O)O2. The van der Waals surface area contributed by atoms with Gasteiger partial charge < -0.3 is 19.9 Å². The van der Waals surface area contributed by atoms with E-state index < -0.39 is 0 Å². The number of esters is 1. The second-order valence-corrected chi connectivity index (χ2v) is 6.76. The molecule has 0 bridgehead atoms. The third-order valence-electron chi connectivity index (χ3n) is 4.72. The molecule has 2 heterocycles. The van der Waals surface area contributed by atoms with Crippen LogP contribution >= 0.6 is 0 Å². The Morgan fingerprint density at radius 3 is 3.00 bits per heavy atom. The van der Waals surface area contributed by atoms with Crippen LogP contribution in [-0.4, -0.2) is 36.5 Å². The molecule has 0 radical (unpaired) electrons. The molecule has 6 nitrogen and oxygen atoms in total. The molecule has 0 saturated carbocycles. The summed E-state index contributed by atoms with van der Waals surface area (Å²) in [6, 6.07) is 13.7. The standard InChI is InChI=1S/C21H21N3O3/c1-14-6-7-19-18(10-14)24(13-21(26)27-19)12-20(25)22-9-8-15-11-23-17-5-3-2-4-16(15)17/h2-7,10-11,23H,8-9,12-13H2,1H3,(H,22,25). The van der Waals surface area contributed by atoms with Gasteiger partial charge in [-0.05, 0) is 42.7 Å². The lowest BCUT2D eigenvalue weighted by Crippen LogP contribution is -2.43. The van der Waals surface area contributed by atoms with Crippen LogP contribution in [0.1, 0.15) is 11.1 Å². The number of nitrogens with one attached hydrogen (secondary N) is 2. The maximum atomic E-state index is 12.4. The molecule has 2 N–H and O–H groups in total. The Balaban J connectivity index is 1.37. The van der Waals surface area contributed by atoms with Crippen LogP contribution in [0.15, 0.2) is 48.7 Å². The van der Waals surface area contributed by atoms with E-state index in [1.165, 1.54) is 10.9 Å². The van der Waals surface area contributed by atoms with Gasteiger partial charge in [0, 0.05) is 23.6 Å². The van der Waals surface area contributed by atoms with Crippen LogP contribution in [-0.2, 0) is 16.0 Å². The molecule has 0 spiro atoms. The summed E-state index contributed by atoms with van der Waals surface area (Å²) in [5.74, 6) is 0.0402. The molecule has 1 aromatic heterocycles. The van der Waals surface area contributed by atoms with E-state index in [1.807, 2.05) is 43.5 Å². The van der Waals surface area contributed by atoms with E-state index in [4.69, 9.17) is 4.74 Å². The molecule has 1 amide bonds. The average molecular weight is 363 g/mol. The topological polar surface area (TPSA) is 74.4 Å². The van der Waals surface area contributed by atoms with Gasteiger partial charge in [0.05, 0.1) is 12.2 Å². The highest BCUT2D eigenvalue weighted by atomic mass is 16.5. The number of para-hydroxylation sites is 1. The monoisotopic (exact) mass is 363 g/mol. The van der Waals surface area contributed by atoms with Gasteiger partial charge in [0.1, 0.15) is 6.54 Å². The first kappa shape index (κ1) is 17.1. The molecule has 4 rings (SSSR count). The Kier molecular flexibility index (Phi) is 4.54. The Labute approximate surface area is 157 Å². The molecule has 1 aliphatic rings. The number of H-pyrrole nitrogens is 1. The molecule has 2 aromatic carbocycles. The Hall–Kier alpha value is -3.28. The zero-order valence-corrected chi connectivity index (χ0v) is 15.1.